The van der Waals surface area contributed by atoms with Gasteiger partial charge in [0, 0.05) is 11.6 Å². The third kappa shape index (κ3) is 4.35. The number of fused-ring (bicyclic) bond motifs is 1. The zero-order valence-corrected chi connectivity index (χ0v) is 16.7. The number of carbonyl (C=O) groups is 1. The number of rotatable bonds is 6. The molecule has 0 saturated heterocycles. The molecule has 0 spiro atoms. The molecule has 0 atom stereocenters. The van der Waals surface area contributed by atoms with Crippen LogP contribution < -0.4 is 15.4 Å². The van der Waals surface area contributed by atoms with Crippen LogP contribution in [0.5, 0.6) is 5.75 Å². The molecule has 4 rings (SSSR count). The third-order valence-electron chi connectivity index (χ3n) is 4.28. The molecule has 0 bridgehead atoms. The van der Waals surface area contributed by atoms with Crippen LogP contribution in [0.4, 0.5) is 17.2 Å². The molecule has 4 aromatic rings. The molecule has 0 aliphatic heterocycles. The second-order valence-corrected chi connectivity index (χ2v) is 6.91. The second-order valence-electron chi connectivity index (χ2n) is 6.91. The summed E-state index contributed by atoms with van der Waals surface area (Å²) in [5.74, 6) is 0.883. The van der Waals surface area contributed by atoms with Crippen LogP contribution in [0.15, 0.2) is 73.2 Å². The summed E-state index contributed by atoms with van der Waals surface area (Å²) >= 11 is 0. The number of benzene rings is 2. The number of nitrogens with zero attached hydrogens (tertiary/aromatic N) is 3. The Hall–Kier alpha value is -4.00. The maximum absolute atomic E-state index is 12.6. The Morgan fingerprint density at radius 3 is 2.50 bits per heavy atom. The number of ether oxygens (including phenoxy) is 1. The van der Waals surface area contributed by atoms with E-state index < -0.39 is 0 Å². The van der Waals surface area contributed by atoms with Crippen LogP contribution in [0.25, 0.3) is 10.9 Å². The van der Waals surface area contributed by atoms with Gasteiger partial charge < -0.3 is 15.4 Å². The molecule has 0 aliphatic rings. The van der Waals surface area contributed by atoms with Gasteiger partial charge in [-0.05, 0) is 38.1 Å². The molecule has 2 aromatic heterocycles. The fourth-order valence-corrected chi connectivity index (χ4v) is 2.97. The van der Waals surface area contributed by atoms with E-state index in [4.69, 9.17) is 4.74 Å². The molecule has 0 fully saturated rings. The van der Waals surface area contributed by atoms with Crippen LogP contribution in [0.1, 0.15) is 24.3 Å². The van der Waals surface area contributed by atoms with Gasteiger partial charge in [-0.1, -0.05) is 30.3 Å². The van der Waals surface area contributed by atoms with E-state index in [1.807, 2.05) is 68.4 Å². The molecule has 2 heterocycles. The third-order valence-corrected chi connectivity index (χ3v) is 4.28. The molecule has 150 valence electrons. The standard InChI is InChI=1S/C23H21N5O2/c1-15(2)30-20-11-4-3-9-17(20)27-21-14-25-19(13-26-21)23(29)28-18-10-5-7-16-8-6-12-24-22(16)18/h3-15H,1-2H3,(H,26,27)(H,28,29). The van der Waals surface area contributed by atoms with Crippen molar-refractivity contribution < 1.29 is 9.53 Å². The topological polar surface area (TPSA) is 89.0 Å². The Morgan fingerprint density at radius 2 is 1.70 bits per heavy atom. The van der Waals surface area contributed by atoms with Crippen molar-refractivity contribution >= 4 is 34.0 Å². The molecule has 0 aliphatic carbocycles. The molecule has 1 amide bonds. The van der Waals surface area contributed by atoms with Crippen molar-refractivity contribution in [1.82, 2.24) is 15.0 Å². The van der Waals surface area contributed by atoms with Crippen LogP contribution in [0.3, 0.4) is 0 Å². The molecule has 7 heteroatoms. The molecule has 0 saturated carbocycles. The monoisotopic (exact) mass is 399 g/mol. The average molecular weight is 399 g/mol. The van der Waals surface area contributed by atoms with Gasteiger partial charge in [0.15, 0.2) is 0 Å². The smallest absolute Gasteiger partial charge is 0.275 e. The molecule has 30 heavy (non-hydrogen) atoms. The van der Waals surface area contributed by atoms with Crippen LogP contribution in [0, 0.1) is 0 Å². The van der Waals surface area contributed by atoms with E-state index >= 15 is 0 Å². The van der Waals surface area contributed by atoms with Gasteiger partial charge in [-0.15, -0.1) is 0 Å². The van der Waals surface area contributed by atoms with Gasteiger partial charge in [-0.25, -0.2) is 9.97 Å². The number of aromatic nitrogens is 3. The van der Waals surface area contributed by atoms with Crippen molar-refractivity contribution in [3.63, 3.8) is 0 Å². The van der Waals surface area contributed by atoms with Crippen LogP contribution in [-0.4, -0.2) is 27.0 Å². The maximum atomic E-state index is 12.6. The Kier molecular flexibility index (Phi) is 5.52. The number of hydrogen-bond acceptors (Lipinski definition) is 6. The van der Waals surface area contributed by atoms with Gasteiger partial charge in [0.05, 0.1) is 35.4 Å². The van der Waals surface area contributed by atoms with Crippen molar-refractivity contribution in [2.24, 2.45) is 0 Å². The predicted molar refractivity (Wildman–Crippen MR) is 117 cm³/mol. The number of nitrogens with one attached hydrogen (secondary N) is 2. The number of para-hydroxylation sites is 3. The van der Waals surface area contributed by atoms with Crippen LogP contribution in [0.2, 0.25) is 0 Å². The highest BCUT2D eigenvalue weighted by Gasteiger charge is 2.12. The molecule has 2 N–H and O–H groups in total. The van der Waals surface area contributed by atoms with Gasteiger partial charge in [0.25, 0.3) is 5.91 Å². The maximum Gasteiger partial charge on any atom is 0.275 e. The van der Waals surface area contributed by atoms with Gasteiger partial charge >= 0.3 is 0 Å². The van der Waals surface area contributed by atoms with E-state index in [0.717, 1.165) is 22.3 Å². The van der Waals surface area contributed by atoms with Gasteiger partial charge in [0.2, 0.25) is 0 Å². The Morgan fingerprint density at radius 1 is 0.900 bits per heavy atom. The molecular formula is C23H21N5O2. The number of carbonyl (C=O) groups excluding carboxylic acids is 1. The van der Waals surface area contributed by atoms with E-state index in [-0.39, 0.29) is 17.7 Å². The Labute approximate surface area is 174 Å². The van der Waals surface area contributed by atoms with Crippen molar-refractivity contribution in [3.05, 3.63) is 78.9 Å². The van der Waals surface area contributed by atoms with Crippen molar-refractivity contribution in [3.8, 4) is 5.75 Å². The summed E-state index contributed by atoms with van der Waals surface area (Å²) in [7, 11) is 0. The number of hydrogen-bond donors (Lipinski definition) is 2. The first kappa shape index (κ1) is 19.3. The molecule has 7 nitrogen and oxygen atoms in total. The first-order valence-corrected chi connectivity index (χ1v) is 9.60. The average Bonchev–Trinajstić information content (AvgIpc) is 2.75. The summed E-state index contributed by atoms with van der Waals surface area (Å²) < 4.78 is 5.80. The van der Waals surface area contributed by atoms with Gasteiger partial charge in [-0.3, -0.25) is 9.78 Å². The molecule has 0 unspecified atom stereocenters. The van der Waals surface area contributed by atoms with Gasteiger partial charge in [0.1, 0.15) is 17.3 Å². The summed E-state index contributed by atoms with van der Waals surface area (Å²) in [6, 6.07) is 17.0. The molecule has 0 radical (unpaired) electrons. The number of anilines is 3. The zero-order chi connectivity index (χ0) is 20.9. The fourth-order valence-electron chi connectivity index (χ4n) is 2.97. The lowest BCUT2D eigenvalue weighted by molar-refractivity contribution is 0.102. The Balaban J connectivity index is 1.49. The van der Waals surface area contributed by atoms with E-state index in [1.54, 1.807) is 6.20 Å². The van der Waals surface area contributed by atoms with Crippen molar-refractivity contribution in [1.29, 1.82) is 0 Å². The first-order chi connectivity index (χ1) is 14.6. The minimum atomic E-state index is -0.351. The molecule has 2 aromatic carbocycles. The number of pyridine rings is 1. The summed E-state index contributed by atoms with van der Waals surface area (Å²) in [6.07, 6.45) is 4.69. The second kappa shape index (κ2) is 8.57. The fraction of sp³-hybridized carbons (Fsp3) is 0.130. The number of amides is 1. The summed E-state index contributed by atoms with van der Waals surface area (Å²) in [6.45, 7) is 3.94. The Bertz CT molecular complexity index is 1170. The normalized spacial score (nSPS) is 10.8. The van der Waals surface area contributed by atoms with Crippen LogP contribution in [-0.2, 0) is 0 Å². The summed E-state index contributed by atoms with van der Waals surface area (Å²) in [5.41, 5.74) is 2.34. The molecular weight excluding hydrogens is 378 g/mol. The highest BCUT2D eigenvalue weighted by molar-refractivity contribution is 6.07. The highest BCUT2D eigenvalue weighted by atomic mass is 16.5. The lowest BCUT2D eigenvalue weighted by Gasteiger charge is -2.15. The lowest BCUT2D eigenvalue weighted by Crippen LogP contribution is -2.14. The highest BCUT2D eigenvalue weighted by Crippen LogP contribution is 2.27. The summed E-state index contributed by atoms with van der Waals surface area (Å²) in [4.78, 5) is 25.5. The quantitative estimate of drug-likeness (QED) is 0.484. The van der Waals surface area contributed by atoms with Gasteiger partial charge in [-0.2, -0.15) is 0 Å². The van der Waals surface area contributed by atoms with E-state index in [0.29, 0.717) is 11.5 Å². The minimum Gasteiger partial charge on any atom is -0.489 e. The minimum absolute atomic E-state index is 0.0497. The van der Waals surface area contributed by atoms with Crippen molar-refractivity contribution in [2.75, 3.05) is 10.6 Å². The first-order valence-electron chi connectivity index (χ1n) is 9.60. The predicted octanol–water partition coefficient (Wildman–Crippen LogP) is 4.81. The van der Waals surface area contributed by atoms with Crippen molar-refractivity contribution in [2.45, 2.75) is 20.0 Å². The summed E-state index contributed by atoms with van der Waals surface area (Å²) in [5, 5.41) is 6.98. The van der Waals surface area contributed by atoms with E-state index in [2.05, 4.69) is 25.6 Å². The van der Waals surface area contributed by atoms with E-state index in [1.165, 1.54) is 12.4 Å². The largest absolute Gasteiger partial charge is 0.489 e. The lowest BCUT2D eigenvalue weighted by atomic mass is 10.2. The van der Waals surface area contributed by atoms with E-state index in [9.17, 15) is 4.79 Å². The SMILES string of the molecule is CC(C)Oc1ccccc1Nc1cnc(C(=O)Nc2cccc3cccnc23)cn1. The van der Waals surface area contributed by atoms with Crippen LogP contribution >= 0.6 is 0 Å². The zero-order valence-electron chi connectivity index (χ0n) is 16.7.